The van der Waals surface area contributed by atoms with Gasteiger partial charge in [0.1, 0.15) is 5.82 Å². The highest BCUT2D eigenvalue weighted by Crippen LogP contribution is 2.66. The van der Waals surface area contributed by atoms with Crippen molar-refractivity contribution in [1.82, 2.24) is 9.88 Å². The van der Waals surface area contributed by atoms with E-state index in [1.165, 1.54) is 10.4 Å². The summed E-state index contributed by atoms with van der Waals surface area (Å²) in [5, 5.41) is 2.08. The predicted molar refractivity (Wildman–Crippen MR) is 102 cm³/mol. The maximum Gasteiger partial charge on any atom is 0.234 e. The Bertz CT molecular complexity index is 778. The standard InChI is InChI=1S/C20H25N3OS/c1-15-6-4-8-21-17(15)22-9-11-23(12-10-22)18(24)20(14-19(20,2)3)16-7-5-13-25-16/h4-8,13H,9-12,14H2,1-3H3. The van der Waals surface area contributed by atoms with E-state index >= 15 is 0 Å². The lowest BCUT2D eigenvalue weighted by Gasteiger charge is -2.38. The van der Waals surface area contributed by atoms with Crippen LogP contribution >= 0.6 is 11.3 Å². The van der Waals surface area contributed by atoms with Crippen molar-refractivity contribution < 1.29 is 4.79 Å². The summed E-state index contributed by atoms with van der Waals surface area (Å²) < 4.78 is 0. The molecule has 1 saturated heterocycles. The number of nitrogens with zero attached hydrogens (tertiary/aromatic N) is 3. The summed E-state index contributed by atoms with van der Waals surface area (Å²) in [6.45, 7) is 9.79. The van der Waals surface area contributed by atoms with Crippen LogP contribution in [-0.4, -0.2) is 42.0 Å². The number of pyridine rings is 1. The van der Waals surface area contributed by atoms with Gasteiger partial charge in [-0.05, 0) is 41.8 Å². The smallest absolute Gasteiger partial charge is 0.234 e. The third kappa shape index (κ3) is 2.56. The number of aromatic nitrogens is 1. The van der Waals surface area contributed by atoms with E-state index in [9.17, 15) is 4.79 Å². The minimum absolute atomic E-state index is 0.0592. The van der Waals surface area contributed by atoms with E-state index in [2.05, 4.69) is 59.1 Å². The molecule has 2 aromatic heterocycles. The first-order valence-corrected chi connectivity index (χ1v) is 9.84. The van der Waals surface area contributed by atoms with Crippen molar-refractivity contribution in [2.24, 2.45) is 5.41 Å². The van der Waals surface area contributed by atoms with E-state index in [1.807, 2.05) is 12.3 Å². The summed E-state index contributed by atoms with van der Waals surface area (Å²) in [6, 6.07) is 8.26. The van der Waals surface area contributed by atoms with Crippen molar-refractivity contribution in [3.63, 3.8) is 0 Å². The molecule has 1 aliphatic carbocycles. The molecule has 1 aliphatic heterocycles. The van der Waals surface area contributed by atoms with Crippen LogP contribution in [0.3, 0.4) is 0 Å². The average molecular weight is 356 g/mol. The van der Waals surface area contributed by atoms with Gasteiger partial charge in [0.15, 0.2) is 0 Å². The normalized spacial score (nSPS) is 25.1. The zero-order chi connectivity index (χ0) is 17.7. The van der Waals surface area contributed by atoms with E-state index in [4.69, 9.17) is 0 Å². The molecule has 0 spiro atoms. The Morgan fingerprint density at radius 1 is 1.16 bits per heavy atom. The van der Waals surface area contributed by atoms with Crippen molar-refractivity contribution >= 4 is 23.1 Å². The molecular weight excluding hydrogens is 330 g/mol. The number of amides is 1. The lowest BCUT2D eigenvalue weighted by atomic mass is 9.92. The average Bonchev–Trinajstić information content (AvgIpc) is 2.98. The van der Waals surface area contributed by atoms with Crippen LogP contribution in [0.5, 0.6) is 0 Å². The van der Waals surface area contributed by atoms with Crippen LogP contribution in [-0.2, 0) is 10.2 Å². The van der Waals surface area contributed by atoms with Crippen LogP contribution < -0.4 is 4.90 Å². The Morgan fingerprint density at radius 2 is 1.88 bits per heavy atom. The maximum atomic E-state index is 13.4. The number of hydrogen-bond acceptors (Lipinski definition) is 4. The van der Waals surface area contributed by atoms with Gasteiger partial charge in [0.05, 0.1) is 5.41 Å². The number of carbonyl (C=O) groups is 1. The van der Waals surface area contributed by atoms with E-state index in [1.54, 1.807) is 11.3 Å². The lowest BCUT2D eigenvalue weighted by molar-refractivity contribution is -0.135. The summed E-state index contributed by atoms with van der Waals surface area (Å²) in [4.78, 5) is 23.5. The monoisotopic (exact) mass is 355 g/mol. The van der Waals surface area contributed by atoms with Gasteiger partial charge in [-0.15, -0.1) is 11.3 Å². The van der Waals surface area contributed by atoms with Crippen molar-refractivity contribution in [1.29, 1.82) is 0 Å². The zero-order valence-electron chi connectivity index (χ0n) is 15.2. The van der Waals surface area contributed by atoms with Crippen LogP contribution in [0.25, 0.3) is 0 Å². The van der Waals surface area contributed by atoms with Gasteiger partial charge in [0.25, 0.3) is 0 Å². The van der Waals surface area contributed by atoms with E-state index in [-0.39, 0.29) is 10.8 Å². The summed E-state index contributed by atoms with van der Waals surface area (Å²) in [7, 11) is 0. The van der Waals surface area contributed by atoms with E-state index in [0.717, 1.165) is 38.4 Å². The molecule has 0 N–H and O–H groups in total. The van der Waals surface area contributed by atoms with Gasteiger partial charge in [-0.1, -0.05) is 26.0 Å². The molecule has 0 bridgehead atoms. The third-order valence-electron chi connectivity index (χ3n) is 5.89. The van der Waals surface area contributed by atoms with Gasteiger partial charge >= 0.3 is 0 Å². The maximum absolute atomic E-state index is 13.4. The van der Waals surface area contributed by atoms with Gasteiger partial charge < -0.3 is 9.80 Å². The minimum Gasteiger partial charge on any atom is -0.353 e. The molecule has 4 nitrogen and oxygen atoms in total. The highest BCUT2D eigenvalue weighted by atomic mass is 32.1. The predicted octanol–water partition coefficient (Wildman–Crippen LogP) is 3.47. The highest BCUT2D eigenvalue weighted by Gasteiger charge is 2.68. The molecule has 0 radical (unpaired) electrons. The molecular formula is C20H25N3OS. The number of hydrogen-bond donors (Lipinski definition) is 0. The SMILES string of the molecule is Cc1cccnc1N1CCN(C(=O)C2(c3cccs3)CC2(C)C)CC1. The summed E-state index contributed by atoms with van der Waals surface area (Å²) >= 11 is 1.72. The lowest BCUT2D eigenvalue weighted by Crippen LogP contribution is -2.52. The number of aryl methyl sites for hydroxylation is 1. The van der Waals surface area contributed by atoms with Crippen LogP contribution in [0.2, 0.25) is 0 Å². The van der Waals surface area contributed by atoms with Crippen LogP contribution in [0.15, 0.2) is 35.8 Å². The molecule has 1 unspecified atom stereocenters. The number of carbonyl (C=O) groups excluding carboxylic acids is 1. The molecule has 3 heterocycles. The van der Waals surface area contributed by atoms with Crippen molar-refractivity contribution in [3.05, 3.63) is 46.3 Å². The van der Waals surface area contributed by atoms with Crippen LogP contribution in [0.4, 0.5) is 5.82 Å². The first kappa shape index (κ1) is 16.6. The largest absolute Gasteiger partial charge is 0.353 e. The van der Waals surface area contributed by atoms with Crippen molar-refractivity contribution in [2.45, 2.75) is 32.6 Å². The number of thiophene rings is 1. The summed E-state index contributed by atoms with van der Waals surface area (Å²) in [6.07, 6.45) is 2.80. The van der Waals surface area contributed by atoms with Crippen molar-refractivity contribution in [2.75, 3.05) is 31.1 Å². The Kier molecular flexibility index (Phi) is 3.87. The number of piperazine rings is 1. The fraction of sp³-hybridized carbons (Fsp3) is 0.500. The Hall–Kier alpha value is -1.88. The summed E-state index contributed by atoms with van der Waals surface area (Å²) in [5.41, 5.74) is 0.953. The number of anilines is 1. The Morgan fingerprint density at radius 3 is 2.44 bits per heavy atom. The molecule has 4 rings (SSSR count). The number of rotatable bonds is 3. The third-order valence-corrected chi connectivity index (χ3v) is 6.92. The van der Waals surface area contributed by atoms with Gasteiger partial charge in [-0.3, -0.25) is 4.79 Å². The first-order valence-electron chi connectivity index (χ1n) is 8.96. The van der Waals surface area contributed by atoms with Crippen LogP contribution in [0, 0.1) is 12.3 Å². The van der Waals surface area contributed by atoms with Crippen molar-refractivity contribution in [3.8, 4) is 0 Å². The second-order valence-corrected chi connectivity index (χ2v) is 8.81. The molecule has 5 heteroatoms. The Balaban J connectivity index is 1.50. The first-order chi connectivity index (χ1) is 12.0. The van der Waals surface area contributed by atoms with Gasteiger partial charge in [-0.25, -0.2) is 4.98 Å². The molecule has 1 amide bonds. The molecule has 2 aliphatic rings. The minimum atomic E-state index is -0.301. The molecule has 2 fully saturated rings. The second-order valence-electron chi connectivity index (χ2n) is 7.87. The van der Waals surface area contributed by atoms with E-state index < -0.39 is 0 Å². The molecule has 25 heavy (non-hydrogen) atoms. The quantitative estimate of drug-likeness (QED) is 0.846. The second kappa shape index (κ2) is 5.84. The topological polar surface area (TPSA) is 36.4 Å². The molecule has 1 saturated carbocycles. The van der Waals surface area contributed by atoms with E-state index in [0.29, 0.717) is 5.91 Å². The highest BCUT2D eigenvalue weighted by molar-refractivity contribution is 7.10. The van der Waals surface area contributed by atoms with Gasteiger partial charge in [-0.2, -0.15) is 0 Å². The fourth-order valence-electron chi connectivity index (χ4n) is 4.23. The zero-order valence-corrected chi connectivity index (χ0v) is 16.0. The molecule has 1 atom stereocenters. The molecule has 2 aromatic rings. The van der Waals surface area contributed by atoms with Gasteiger partial charge in [0, 0.05) is 37.3 Å². The van der Waals surface area contributed by atoms with Crippen LogP contribution in [0.1, 0.15) is 30.7 Å². The summed E-state index contributed by atoms with van der Waals surface area (Å²) in [5.74, 6) is 1.37. The van der Waals surface area contributed by atoms with Gasteiger partial charge in [0.2, 0.25) is 5.91 Å². The fourth-order valence-corrected chi connectivity index (χ4v) is 5.33. The Labute approximate surface area is 153 Å². The molecule has 132 valence electrons. The molecule has 0 aromatic carbocycles.